The highest BCUT2D eigenvalue weighted by molar-refractivity contribution is 5.97. The molecule has 19 heavy (non-hydrogen) atoms. The van der Waals surface area contributed by atoms with Gasteiger partial charge in [0, 0.05) is 17.7 Å². The fourth-order valence-corrected chi connectivity index (χ4v) is 1.55. The van der Waals surface area contributed by atoms with E-state index in [1.165, 1.54) is 6.92 Å². The summed E-state index contributed by atoms with van der Waals surface area (Å²) in [6.07, 6.45) is 0. The van der Waals surface area contributed by atoms with Crippen LogP contribution >= 0.6 is 0 Å². The van der Waals surface area contributed by atoms with Crippen molar-refractivity contribution in [3.8, 4) is 0 Å². The number of hydrogen-bond donors (Lipinski definition) is 1. The second-order valence-electron chi connectivity index (χ2n) is 4.28. The molecule has 0 heterocycles. The molecular formula is C11H13N3O5. The summed E-state index contributed by atoms with van der Waals surface area (Å²) in [5.74, 6) is -0.570. The number of carbonyl (C=O) groups excluding carboxylic acids is 1. The van der Waals surface area contributed by atoms with Crippen molar-refractivity contribution in [1.29, 1.82) is 0 Å². The van der Waals surface area contributed by atoms with Gasteiger partial charge in [0.2, 0.25) is 0 Å². The van der Waals surface area contributed by atoms with Gasteiger partial charge in [-0.25, -0.2) is 0 Å². The van der Waals surface area contributed by atoms with E-state index >= 15 is 0 Å². The number of non-ortho nitro benzene ring substituents is 1. The van der Waals surface area contributed by atoms with Crippen LogP contribution in [0.1, 0.15) is 29.8 Å². The van der Waals surface area contributed by atoms with Crippen LogP contribution in [0.5, 0.6) is 0 Å². The lowest BCUT2D eigenvalue weighted by molar-refractivity contribution is -0.394. The highest BCUT2D eigenvalue weighted by Gasteiger charge is 2.24. The van der Waals surface area contributed by atoms with E-state index in [1.807, 2.05) is 0 Å². The summed E-state index contributed by atoms with van der Waals surface area (Å²) >= 11 is 0. The number of nitro benzene ring substituents is 2. The molecule has 1 aromatic rings. The number of nitrogens with one attached hydrogen (secondary N) is 1. The first-order valence-corrected chi connectivity index (χ1v) is 5.48. The first-order chi connectivity index (χ1) is 8.73. The number of carbonyl (C=O) groups is 1. The monoisotopic (exact) mass is 267 g/mol. The smallest absolute Gasteiger partial charge is 0.279 e. The SMILES string of the molecule is Cc1c(C(=O)NC(C)C)cc([N+](=O)[O-])cc1[N+](=O)[O-]. The number of benzene rings is 1. The number of amides is 1. The van der Waals surface area contributed by atoms with Crippen LogP contribution in [-0.4, -0.2) is 21.8 Å². The Kier molecular flexibility index (Phi) is 4.15. The number of rotatable bonds is 4. The lowest BCUT2D eigenvalue weighted by atomic mass is 10.0. The molecule has 1 amide bonds. The Morgan fingerprint density at radius 1 is 1.21 bits per heavy atom. The van der Waals surface area contributed by atoms with Gasteiger partial charge in [0.1, 0.15) is 0 Å². The molecule has 0 atom stereocenters. The molecule has 0 radical (unpaired) electrons. The number of nitrogens with zero attached hydrogens (tertiary/aromatic N) is 2. The van der Waals surface area contributed by atoms with Crippen LogP contribution in [0.25, 0.3) is 0 Å². The predicted molar refractivity (Wildman–Crippen MR) is 67.1 cm³/mol. The van der Waals surface area contributed by atoms with Crippen molar-refractivity contribution in [1.82, 2.24) is 5.32 Å². The van der Waals surface area contributed by atoms with E-state index in [-0.39, 0.29) is 17.2 Å². The summed E-state index contributed by atoms with van der Waals surface area (Å²) < 4.78 is 0. The van der Waals surface area contributed by atoms with Crippen LogP contribution in [0.3, 0.4) is 0 Å². The predicted octanol–water partition coefficient (Wildman–Crippen LogP) is 1.95. The van der Waals surface area contributed by atoms with Crippen LogP contribution in [0.2, 0.25) is 0 Å². The highest BCUT2D eigenvalue weighted by Crippen LogP contribution is 2.27. The van der Waals surface area contributed by atoms with E-state index < -0.39 is 27.1 Å². The summed E-state index contributed by atoms with van der Waals surface area (Å²) in [6, 6.07) is 1.71. The second-order valence-corrected chi connectivity index (χ2v) is 4.28. The largest absolute Gasteiger partial charge is 0.350 e. The van der Waals surface area contributed by atoms with Crippen LogP contribution in [0.4, 0.5) is 11.4 Å². The minimum Gasteiger partial charge on any atom is -0.350 e. The van der Waals surface area contributed by atoms with Crippen LogP contribution < -0.4 is 5.32 Å². The molecule has 8 heteroatoms. The van der Waals surface area contributed by atoms with Gasteiger partial charge in [-0.15, -0.1) is 0 Å². The molecule has 0 saturated carbocycles. The molecule has 0 aliphatic heterocycles. The average molecular weight is 267 g/mol. The Balaban J connectivity index is 3.41. The number of hydrogen-bond acceptors (Lipinski definition) is 5. The van der Waals surface area contributed by atoms with Gasteiger partial charge in [0.15, 0.2) is 0 Å². The zero-order chi connectivity index (χ0) is 14.7. The van der Waals surface area contributed by atoms with Gasteiger partial charge < -0.3 is 5.32 Å². The first kappa shape index (κ1) is 14.6. The Morgan fingerprint density at radius 3 is 2.21 bits per heavy atom. The molecule has 1 rings (SSSR count). The summed E-state index contributed by atoms with van der Waals surface area (Å²) in [7, 11) is 0. The second kappa shape index (κ2) is 5.42. The van der Waals surface area contributed by atoms with Gasteiger partial charge in [-0.05, 0) is 20.8 Å². The minimum absolute atomic E-state index is 0.0606. The van der Waals surface area contributed by atoms with Crippen molar-refractivity contribution in [3.05, 3.63) is 43.5 Å². The Morgan fingerprint density at radius 2 is 1.79 bits per heavy atom. The van der Waals surface area contributed by atoms with Crippen molar-refractivity contribution in [2.24, 2.45) is 0 Å². The van der Waals surface area contributed by atoms with E-state index in [9.17, 15) is 25.0 Å². The molecule has 0 saturated heterocycles. The molecule has 0 aromatic heterocycles. The van der Waals surface area contributed by atoms with E-state index in [1.54, 1.807) is 13.8 Å². The summed E-state index contributed by atoms with van der Waals surface area (Å²) in [5, 5.41) is 24.1. The molecule has 0 spiro atoms. The van der Waals surface area contributed by atoms with Gasteiger partial charge in [0.25, 0.3) is 17.3 Å². The Labute approximate surface area is 108 Å². The topological polar surface area (TPSA) is 115 Å². The van der Waals surface area contributed by atoms with E-state index in [4.69, 9.17) is 0 Å². The normalized spacial score (nSPS) is 10.3. The summed E-state index contributed by atoms with van der Waals surface area (Å²) in [5.41, 5.74) is -0.877. The number of nitro groups is 2. The standard InChI is InChI=1S/C11H13N3O5/c1-6(2)12-11(15)9-4-8(13(16)17)5-10(7(9)3)14(18)19/h4-6H,1-3H3,(H,12,15). The molecular weight excluding hydrogens is 254 g/mol. The molecule has 0 bridgehead atoms. The fraction of sp³-hybridized carbons (Fsp3) is 0.364. The maximum Gasteiger partial charge on any atom is 0.279 e. The van der Waals surface area contributed by atoms with Crippen molar-refractivity contribution in [2.75, 3.05) is 0 Å². The molecule has 0 fully saturated rings. The lowest BCUT2D eigenvalue weighted by Gasteiger charge is -2.10. The highest BCUT2D eigenvalue weighted by atomic mass is 16.6. The van der Waals surface area contributed by atoms with E-state index in [2.05, 4.69) is 5.32 Å². The third-order valence-corrected chi connectivity index (χ3v) is 2.44. The van der Waals surface area contributed by atoms with Gasteiger partial charge >= 0.3 is 0 Å². The van der Waals surface area contributed by atoms with Gasteiger partial charge in [0.05, 0.1) is 21.5 Å². The maximum absolute atomic E-state index is 11.9. The van der Waals surface area contributed by atoms with E-state index in [0.29, 0.717) is 0 Å². The zero-order valence-electron chi connectivity index (χ0n) is 10.7. The molecule has 0 aliphatic carbocycles. The van der Waals surface area contributed by atoms with Gasteiger partial charge in [-0.1, -0.05) is 0 Å². The van der Waals surface area contributed by atoms with Crippen LogP contribution in [-0.2, 0) is 0 Å². The minimum atomic E-state index is -0.765. The van der Waals surface area contributed by atoms with Crippen molar-refractivity contribution in [3.63, 3.8) is 0 Å². The van der Waals surface area contributed by atoms with Crippen molar-refractivity contribution < 1.29 is 14.6 Å². The molecule has 1 aromatic carbocycles. The van der Waals surface area contributed by atoms with Crippen molar-refractivity contribution >= 4 is 17.3 Å². The Bertz CT molecular complexity index is 554. The summed E-state index contributed by atoms with van der Waals surface area (Å²) in [4.78, 5) is 31.9. The zero-order valence-corrected chi connectivity index (χ0v) is 10.7. The quantitative estimate of drug-likeness (QED) is 0.661. The summed E-state index contributed by atoms with van der Waals surface area (Å²) in [6.45, 7) is 4.83. The van der Waals surface area contributed by atoms with Crippen LogP contribution in [0.15, 0.2) is 12.1 Å². The third-order valence-electron chi connectivity index (χ3n) is 2.44. The van der Waals surface area contributed by atoms with Crippen molar-refractivity contribution in [2.45, 2.75) is 26.8 Å². The van der Waals surface area contributed by atoms with Gasteiger partial charge in [-0.3, -0.25) is 25.0 Å². The molecule has 102 valence electrons. The molecule has 1 N–H and O–H groups in total. The van der Waals surface area contributed by atoms with E-state index in [0.717, 1.165) is 12.1 Å². The molecule has 0 unspecified atom stereocenters. The molecule has 0 aliphatic rings. The Hall–Kier alpha value is -2.51. The maximum atomic E-state index is 11.9. The average Bonchev–Trinajstić information content (AvgIpc) is 2.27. The van der Waals surface area contributed by atoms with Gasteiger partial charge in [-0.2, -0.15) is 0 Å². The first-order valence-electron chi connectivity index (χ1n) is 5.48. The fourth-order valence-electron chi connectivity index (χ4n) is 1.55. The molecule has 8 nitrogen and oxygen atoms in total. The lowest BCUT2D eigenvalue weighted by Crippen LogP contribution is -2.30. The third kappa shape index (κ3) is 3.24. The van der Waals surface area contributed by atoms with Crippen LogP contribution in [0, 0.1) is 27.2 Å².